The van der Waals surface area contributed by atoms with Crippen LogP contribution in [0.3, 0.4) is 0 Å². The molecule has 0 aromatic heterocycles. The predicted octanol–water partition coefficient (Wildman–Crippen LogP) is 2.42. The Labute approximate surface area is 115 Å². The van der Waals surface area contributed by atoms with Gasteiger partial charge in [-0.05, 0) is 47.8 Å². The number of nitrogen functional groups attached to an aromatic ring is 1. The monoisotopic (exact) mass is 312 g/mol. The number of hydrogen-bond donors (Lipinski definition) is 1. The molecule has 0 unspecified atom stereocenters. The van der Waals surface area contributed by atoms with Crippen molar-refractivity contribution in [3.63, 3.8) is 0 Å². The Kier molecular flexibility index (Phi) is 4.11. The molecule has 18 heavy (non-hydrogen) atoms. The molecule has 0 saturated heterocycles. The van der Waals surface area contributed by atoms with Crippen molar-refractivity contribution in [3.8, 4) is 5.75 Å². The van der Waals surface area contributed by atoms with Crippen molar-refractivity contribution >= 4 is 27.5 Å². The lowest BCUT2D eigenvalue weighted by molar-refractivity contribution is -0.133. The molecule has 0 bridgehead atoms. The first-order valence-electron chi connectivity index (χ1n) is 6.09. The van der Waals surface area contributed by atoms with E-state index in [0.717, 1.165) is 23.9 Å². The first kappa shape index (κ1) is 13.2. The largest absolute Gasteiger partial charge is 0.480 e. The molecule has 1 aromatic carbocycles. The summed E-state index contributed by atoms with van der Waals surface area (Å²) in [4.78, 5) is 13.9. The molecule has 0 spiro atoms. The lowest BCUT2D eigenvalue weighted by Gasteiger charge is -2.20. The fourth-order valence-electron chi connectivity index (χ4n) is 1.92. The van der Waals surface area contributed by atoms with Crippen molar-refractivity contribution < 1.29 is 9.53 Å². The van der Waals surface area contributed by atoms with Gasteiger partial charge in [-0.3, -0.25) is 4.79 Å². The molecule has 98 valence electrons. The number of halogens is 1. The number of benzene rings is 1. The Morgan fingerprint density at radius 3 is 2.83 bits per heavy atom. The van der Waals surface area contributed by atoms with Crippen LogP contribution in [0.2, 0.25) is 0 Å². The van der Waals surface area contributed by atoms with E-state index in [1.165, 1.54) is 0 Å². The highest BCUT2D eigenvalue weighted by atomic mass is 79.9. The molecule has 0 heterocycles. The summed E-state index contributed by atoms with van der Waals surface area (Å²) in [5, 5.41) is 0. The second-order valence-corrected chi connectivity index (χ2v) is 5.21. The average molecular weight is 313 g/mol. The fraction of sp³-hybridized carbons (Fsp3) is 0.462. The van der Waals surface area contributed by atoms with Crippen molar-refractivity contribution in [1.82, 2.24) is 4.90 Å². The van der Waals surface area contributed by atoms with Crippen molar-refractivity contribution in [3.05, 3.63) is 22.7 Å². The minimum atomic E-state index is 0.0233. The quantitative estimate of drug-likeness (QED) is 0.850. The maximum absolute atomic E-state index is 12.0. The highest BCUT2D eigenvalue weighted by Crippen LogP contribution is 2.31. The normalized spacial score (nSPS) is 14.3. The molecule has 0 aliphatic heterocycles. The van der Waals surface area contributed by atoms with Crippen LogP contribution in [0.4, 0.5) is 5.69 Å². The number of anilines is 1. The van der Waals surface area contributed by atoms with Gasteiger partial charge < -0.3 is 15.4 Å². The number of nitrogens with zero attached hydrogens (tertiary/aromatic N) is 1. The van der Waals surface area contributed by atoms with Gasteiger partial charge in [0.05, 0.1) is 10.2 Å². The zero-order valence-corrected chi connectivity index (χ0v) is 11.9. The number of hydrogen-bond acceptors (Lipinski definition) is 3. The van der Waals surface area contributed by atoms with Crippen molar-refractivity contribution in [2.45, 2.75) is 25.8 Å². The summed E-state index contributed by atoms with van der Waals surface area (Å²) in [6.45, 7) is 2.76. The smallest absolute Gasteiger partial charge is 0.260 e. The molecule has 5 heteroatoms. The van der Waals surface area contributed by atoms with E-state index < -0.39 is 0 Å². The van der Waals surface area contributed by atoms with Gasteiger partial charge in [-0.1, -0.05) is 6.07 Å². The number of likely N-dealkylation sites (N-methyl/N-ethyl adjacent to an activating group) is 1. The number of ether oxygens (including phenoxy) is 1. The van der Waals surface area contributed by atoms with Crippen LogP contribution in [0.25, 0.3) is 0 Å². The molecule has 1 aliphatic carbocycles. The number of carbonyl (C=O) groups is 1. The van der Waals surface area contributed by atoms with Crippen LogP contribution in [0.1, 0.15) is 19.8 Å². The van der Waals surface area contributed by atoms with Crippen LogP contribution >= 0.6 is 15.9 Å². The van der Waals surface area contributed by atoms with E-state index in [1.807, 2.05) is 24.0 Å². The van der Waals surface area contributed by atoms with Crippen molar-refractivity contribution in [2.75, 3.05) is 18.9 Å². The Morgan fingerprint density at radius 1 is 1.56 bits per heavy atom. The Bertz CT molecular complexity index is 426. The second-order valence-electron chi connectivity index (χ2n) is 4.36. The zero-order chi connectivity index (χ0) is 13.1. The van der Waals surface area contributed by atoms with E-state index in [9.17, 15) is 4.79 Å². The lowest BCUT2D eigenvalue weighted by Crippen LogP contribution is -2.36. The highest BCUT2D eigenvalue weighted by molar-refractivity contribution is 9.10. The zero-order valence-electron chi connectivity index (χ0n) is 10.4. The molecule has 2 N–H and O–H groups in total. The Balaban J connectivity index is 1.96. The highest BCUT2D eigenvalue weighted by Gasteiger charge is 2.31. The van der Waals surface area contributed by atoms with Gasteiger partial charge in [0.1, 0.15) is 0 Å². The van der Waals surface area contributed by atoms with Crippen LogP contribution in [0.5, 0.6) is 5.75 Å². The van der Waals surface area contributed by atoms with Crippen LogP contribution in [-0.4, -0.2) is 30.0 Å². The van der Waals surface area contributed by atoms with Crippen LogP contribution < -0.4 is 10.5 Å². The Morgan fingerprint density at radius 2 is 2.28 bits per heavy atom. The summed E-state index contributed by atoms with van der Waals surface area (Å²) in [7, 11) is 0. The van der Waals surface area contributed by atoms with Gasteiger partial charge in [0.15, 0.2) is 12.4 Å². The van der Waals surface area contributed by atoms with Gasteiger partial charge in [0.2, 0.25) is 0 Å². The molecule has 0 atom stereocenters. The van der Waals surface area contributed by atoms with E-state index in [-0.39, 0.29) is 12.5 Å². The molecule has 4 nitrogen and oxygen atoms in total. The Hall–Kier alpha value is -1.23. The summed E-state index contributed by atoms with van der Waals surface area (Å²) in [6, 6.07) is 5.84. The van der Waals surface area contributed by atoms with E-state index in [1.54, 1.807) is 6.07 Å². The third kappa shape index (κ3) is 2.96. The fourth-order valence-corrected chi connectivity index (χ4v) is 2.42. The molecular formula is C13H17BrN2O2. The summed E-state index contributed by atoms with van der Waals surface area (Å²) in [5.41, 5.74) is 6.34. The van der Waals surface area contributed by atoms with Gasteiger partial charge in [0, 0.05) is 12.6 Å². The lowest BCUT2D eigenvalue weighted by atomic mass is 10.3. The molecule has 1 aliphatic rings. The van der Waals surface area contributed by atoms with Crippen LogP contribution in [0, 0.1) is 0 Å². The van der Waals surface area contributed by atoms with E-state index in [0.29, 0.717) is 17.5 Å². The van der Waals surface area contributed by atoms with Gasteiger partial charge >= 0.3 is 0 Å². The van der Waals surface area contributed by atoms with Crippen LogP contribution in [0.15, 0.2) is 22.7 Å². The topological polar surface area (TPSA) is 55.6 Å². The molecule has 0 radical (unpaired) electrons. The maximum Gasteiger partial charge on any atom is 0.260 e. The van der Waals surface area contributed by atoms with E-state index in [4.69, 9.17) is 10.5 Å². The van der Waals surface area contributed by atoms with E-state index in [2.05, 4.69) is 15.9 Å². The SMILES string of the molecule is CCN(C(=O)COc1c(N)cccc1Br)C1CC1. The first-order valence-corrected chi connectivity index (χ1v) is 6.89. The summed E-state index contributed by atoms with van der Waals surface area (Å²) in [5.74, 6) is 0.563. The molecule has 1 saturated carbocycles. The van der Waals surface area contributed by atoms with Gasteiger partial charge in [0.25, 0.3) is 5.91 Å². The van der Waals surface area contributed by atoms with Crippen LogP contribution in [-0.2, 0) is 4.79 Å². The number of amides is 1. The minimum absolute atomic E-state index is 0.0233. The van der Waals surface area contributed by atoms with Gasteiger partial charge in [-0.25, -0.2) is 0 Å². The molecule has 1 amide bonds. The number of carbonyl (C=O) groups excluding carboxylic acids is 1. The molecule has 1 fully saturated rings. The summed E-state index contributed by atoms with van der Waals surface area (Å²) < 4.78 is 6.30. The van der Waals surface area contributed by atoms with Crippen molar-refractivity contribution in [1.29, 1.82) is 0 Å². The first-order chi connectivity index (χ1) is 8.63. The number of rotatable bonds is 5. The van der Waals surface area contributed by atoms with Gasteiger partial charge in [-0.15, -0.1) is 0 Å². The second kappa shape index (κ2) is 5.61. The third-order valence-corrected chi connectivity index (χ3v) is 3.61. The summed E-state index contributed by atoms with van der Waals surface area (Å²) in [6.07, 6.45) is 2.22. The number of para-hydroxylation sites is 1. The standard InChI is InChI=1S/C13H17BrN2O2/c1-2-16(9-6-7-9)12(17)8-18-13-10(14)4-3-5-11(13)15/h3-5,9H,2,6-8,15H2,1H3. The molecule has 1 aromatic rings. The third-order valence-electron chi connectivity index (χ3n) is 2.99. The predicted molar refractivity (Wildman–Crippen MR) is 74.5 cm³/mol. The van der Waals surface area contributed by atoms with E-state index >= 15 is 0 Å². The average Bonchev–Trinajstić information content (AvgIpc) is 3.14. The number of nitrogens with two attached hydrogens (primary N) is 1. The maximum atomic E-state index is 12.0. The van der Waals surface area contributed by atoms with Gasteiger partial charge in [-0.2, -0.15) is 0 Å². The molecular weight excluding hydrogens is 296 g/mol. The minimum Gasteiger partial charge on any atom is -0.480 e. The van der Waals surface area contributed by atoms with Crippen molar-refractivity contribution in [2.24, 2.45) is 0 Å². The molecule has 2 rings (SSSR count). The summed E-state index contributed by atoms with van der Waals surface area (Å²) >= 11 is 3.36.